The molecule has 0 aromatic rings. The minimum Gasteiger partial charge on any atom is -0.391 e. The van der Waals surface area contributed by atoms with Gasteiger partial charge in [-0.2, -0.15) is 0 Å². The van der Waals surface area contributed by atoms with Crippen molar-refractivity contribution in [3.8, 4) is 0 Å². The van der Waals surface area contributed by atoms with E-state index in [-0.39, 0.29) is 27.1 Å². The van der Waals surface area contributed by atoms with E-state index in [1.165, 1.54) is 0 Å². The molecule has 1 heterocycles. The van der Waals surface area contributed by atoms with Crippen molar-refractivity contribution in [3.63, 3.8) is 0 Å². The second-order valence-electron chi connectivity index (χ2n) is 4.24. The molecule has 1 aliphatic rings. The van der Waals surface area contributed by atoms with Crippen LogP contribution >= 0.6 is 0 Å². The Balaban J connectivity index is 0. The molecule has 0 spiro atoms. The minimum atomic E-state index is -0.353. The van der Waals surface area contributed by atoms with Crippen LogP contribution in [0, 0.1) is 0 Å². The van der Waals surface area contributed by atoms with Crippen LogP contribution < -0.4 is 0 Å². The van der Waals surface area contributed by atoms with Gasteiger partial charge in [0.05, 0.1) is 38.1 Å². The summed E-state index contributed by atoms with van der Waals surface area (Å²) in [6, 6.07) is 0. The molecular formula is C14H32O4. The van der Waals surface area contributed by atoms with Crippen molar-refractivity contribution < 1.29 is 19.3 Å². The fourth-order valence-corrected chi connectivity index (χ4v) is 1.31. The van der Waals surface area contributed by atoms with Crippen molar-refractivity contribution in [1.82, 2.24) is 0 Å². The first-order valence-corrected chi connectivity index (χ1v) is 6.25. The van der Waals surface area contributed by atoms with Gasteiger partial charge in [0.2, 0.25) is 0 Å². The largest absolute Gasteiger partial charge is 0.391 e. The summed E-state index contributed by atoms with van der Waals surface area (Å²) in [4.78, 5) is 0. The van der Waals surface area contributed by atoms with Crippen LogP contribution in [0.15, 0.2) is 0 Å². The van der Waals surface area contributed by atoms with Gasteiger partial charge in [-0.3, -0.25) is 0 Å². The zero-order valence-corrected chi connectivity index (χ0v) is 10.4. The van der Waals surface area contributed by atoms with Crippen LogP contribution in [0.25, 0.3) is 0 Å². The monoisotopic (exact) mass is 264 g/mol. The van der Waals surface area contributed by atoms with Gasteiger partial charge < -0.3 is 19.3 Å². The van der Waals surface area contributed by atoms with Crippen molar-refractivity contribution in [1.29, 1.82) is 0 Å². The highest BCUT2D eigenvalue weighted by atomic mass is 16.6. The highest BCUT2D eigenvalue weighted by molar-refractivity contribution is 4.68. The van der Waals surface area contributed by atoms with Crippen molar-refractivity contribution in [2.45, 2.75) is 66.3 Å². The maximum atomic E-state index is 9.37. The summed E-state index contributed by atoms with van der Waals surface area (Å²) < 4.78 is 16.2. The third-order valence-corrected chi connectivity index (χ3v) is 2.74. The lowest BCUT2D eigenvalue weighted by Crippen LogP contribution is -2.25. The van der Waals surface area contributed by atoms with E-state index in [0.29, 0.717) is 19.3 Å². The van der Waals surface area contributed by atoms with Crippen molar-refractivity contribution in [2.24, 2.45) is 0 Å². The molecule has 0 aromatic heterocycles. The second-order valence-corrected chi connectivity index (χ2v) is 4.24. The molecule has 18 heavy (non-hydrogen) atoms. The molecule has 4 heteroatoms. The predicted molar refractivity (Wildman–Crippen MR) is 75.0 cm³/mol. The summed E-state index contributed by atoms with van der Waals surface area (Å²) in [5.41, 5.74) is 0. The first-order valence-electron chi connectivity index (χ1n) is 6.25. The quantitative estimate of drug-likeness (QED) is 0.487. The predicted octanol–water partition coefficient (Wildman–Crippen LogP) is 2.63. The zero-order chi connectivity index (χ0) is 11.8. The molecule has 1 aliphatic heterocycles. The topological polar surface area (TPSA) is 51.2 Å². The lowest BCUT2D eigenvalue weighted by atomic mass is 10.2. The molecule has 3 atom stereocenters. The van der Waals surface area contributed by atoms with Crippen LogP contribution in [0.2, 0.25) is 0 Å². The Bertz CT molecular complexity index is 171. The third-order valence-electron chi connectivity index (χ3n) is 2.74. The SMILES string of the molecule is C.C.CCC(O)COC(CC)COCCC1CO1. The number of aliphatic hydroxyl groups excluding tert-OH is 1. The standard InChI is InChI=1S/C12H24O4.2CH4/c1-3-10(13)7-15-11(4-2)8-14-6-5-12-9-16-12;;/h10-13H,3-9H2,1-2H3;2*1H4. The van der Waals surface area contributed by atoms with Gasteiger partial charge >= 0.3 is 0 Å². The zero-order valence-electron chi connectivity index (χ0n) is 10.4. The van der Waals surface area contributed by atoms with Crippen LogP contribution in [0.1, 0.15) is 48.0 Å². The van der Waals surface area contributed by atoms with E-state index < -0.39 is 0 Å². The summed E-state index contributed by atoms with van der Waals surface area (Å²) in [7, 11) is 0. The van der Waals surface area contributed by atoms with E-state index in [0.717, 1.165) is 32.5 Å². The van der Waals surface area contributed by atoms with Gasteiger partial charge in [-0.05, 0) is 19.3 Å². The highest BCUT2D eigenvalue weighted by Gasteiger charge is 2.21. The normalized spacial score (nSPS) is 20.5. The summed E-state index contributed by atoms with van der Waals surface area (Å²) >= 11 is 0. The lowest BCUT2D eigenvalue weighted by molar-refractivity contribution is -0.0510. The smallest absolute Gasteiger partial charge is 0.0831 e. The molecule has 112 valence electrons. The average Bonchev–Trinajstić information content (AvgIpc) is 3.11. The molecular weight excluding hydrogens is 232 g/mol. The first kappa shape index (κ1) is 20.2. The minimum absolute atomic E-state index is 0. The van der Waals surface area contributed by atoms with Gasteiger partial charge in [-0.25, -0.2) is 0 Å². The molecule has 1 fully saturated rings. The molecule has 1 saturated heterocycles. The number of rotatable bonds is 10. The fraction of sp³-hybridized carbons (Fsp3) is 1.00. The van der Waals surface area contributed by atoms with Gasteiger partial charge in [0, 0.05) is 6.61 Å². The Morgan fingerprint density at radius 3 is 2.39 bits per heavy atom. The number of ether oxygens (including phenoxy) is 3. The van der Waals surface area contributed by atoms with E-state index in [1.54, 1.807) is 0 Å². The van der Waals surface area contributed by atoms with Gasteiger partial charge in [0.25, 0.3) is 0 Å². The molecule has 0 radical (unpaired) electrons. The van der Waals surface area contributed by atoms with Gasteiger partial charge in [0.15, 0.2) is 0 Å². The summed E-state index contributed by atoms with van der Waals surface area (Å²) in [6.07, 6.45) is 2.80. The van der Waals surface area contributed by atoms with Crippen LogP contribution in [0.5, 0.6) is 0 Å². The number of aliphatic hydroxyl groups is 1. The number of hydrogen-bond acceptors (Lipinski definition) is 4. The summed E-state index contributed by atoms with van der Waals surface area (Å²) in [5.74, 6) is 0. The van der Waals surface area contributed by atoms with Crippen molar-refractivity contribution in [3.05, 3.63) is 0 Å². The van der Waals surface area contributed by atoms with E-state index in [1.807, 2.05) is 6.92 Å². The van der Waals surface area contributed by atoms with Crippen LogP contribution in [0.3, 0.4) is 0 Å². The Morgan fingerprint density at radius 1 is 1.22 bits per heavy atom. The summed E-state index contributed by atoms with van der Waals surface area (Å²) in [5, 5.41) is 9.37. The van der Waals surface area contributed by atoms with E-state index >= 15 is 0 Å². The molecule has 0 amide bonds. The van der Waals surface area contributed by atoms with Crippen LogP contribution in [-0.4, -0.2) is 49.8 Å². The molecule has 1 N–H and O–H groups in total. The van der Waals surface area contributed by atoms with Gasteiger partial charge in [-0.15, -0.1) is 0 Å². The number of hydrogen-bond donors (Lipinski definition) is 1. The Kier molecular flexibility index (Phi) is 13.3. The molecule has 1 rings (SSSR count). The maximum Gasteiger partial charge on any atom is 0.0831 e. The Morgan fingerprint density at radius 2 is 1.89 bits per heavy atom. The summed E-state index contributed by atoms with van der Waals surface area (Å²) in [6.45, 7) is 6.65. The molecule has 0 bridgehead atoms. The molecule has 0 aliphatic carbocycles. The molecule has 0 saturated carbocycles. The molecule has 3 unspecified atom stereocenters. The van der Waals surface area contributed by atoms with Crippen LogP contribution in [-0.2, 0) is 14.2 Å². The fourth-order valence-electron chi connectivity index (χ4n) is 1.31. The highest BCUT2D eigenvalue weighted by Crippen LogP contribution is 2.13. The third kappa shape index (κ3) is 9.83. The second kappa shape index (κ2) is 11.9. The van der Waals surface area contributed by atoms with E-state index in [2.05, 4.69) is 6.92 Å². The molecule has 0 aromatic carbocycles. The van der Waals surface area contributed by atoms with Gasteiger partial charge in [0.1, 0.15) is 0 Å². The van der Waals surface area contributed by atoms with E-state index in [9.17, 15) is 5.11 Å². The first-order chi connectivity index (χ1) is 7.76. The Hall–Kier alpha value is -0.160. The van der Waals surface area contributed by atoms with Crippen molar-refractivity contribution >= 4 is 0 Å². The Labute approximate surface area is 113 Å². The van der Waals surface area contributed by atoms with E-state index in [4.69, 9.17) is 14.2 Å². The maximum absolute atomic E-state index is 9.37. The van der Waals surface area contributed by atoms with Crippen molar-refractivity contribution in [2.75, 3.05) is 26.4 Å². The van der Waals surface area contributed by atoms with Gasteiger partial charge in [-0.1, -0.05) is 28.7 Å². The molecule has 4 nitrogen and oxygen atoms in total. The average molecular weight is 264 g/mol. The number of epoxide rings is 1. The van der Waals surface area contributed by atoms with Crippen LogP contribution in [0.4, 0.5) is 0 Å². The lowest BCUT2D eigenvalue weighted by Gasteiger charge is -2.18.